The monoisotopic (exact) mass is 304 g/mol. The second kappa shape index (κ2) is 4.88. The summed E-state index contributed by atoms with van der Waals surface area (Å²) in [7, 11) is 0. The van der Waals surface area contributed by atoms with Crippen molar-refractivity contribution in [3.05, 3.63) is 34.9 Å². The Balaban J connectivity index is 2.31. The van der Waals surface area contributed by atoms with E-state index in [2.05, 4.69) is 0 Å². The number of anilines is 2. The van der Waals surface area contributed by atoms with E-state index in [1.807, 2.05) is 0 Å². The molecule has 1 aromatic rings. The van der Waals surface area contributed by atoms with Gasteiger partial charge in [0.2, 0.25) is 0 Å². The number of hydrogen-bond donors (Lipinski definition) is 2. The number of alkyl halides is 3. The standard InChI is InChI=1S/C14H16ClF3N2/c1-13(14(16,17)18)4-2-8(3-5-13)9-6-11(19)12(20)7-10(9)15/h2,4,6-8H,3,5,19-20H2,1H3. The van der Waals surface area contributed by atoms with Gasteiger partial charge in [-0.2, -0.15) is 13.2 Å². The van der Waals surface area contributed by atoms with E-state index in [0.717, 1.165) is 5.56 Å². The van der Waals surface area contributed by atoms with Crippen LogP contribution in [-0.4, -0.2) is 6.18 Å². The molecule has 0 bridgehead atoms. The van der Waals surface area contributed by atoms with Gasteiger partial charge in [-0.1, -0.05) is 23.8 Å². The smallest absolute Gasteiger partial charge is 0.397 e. The topological polar surface area (TPSA) is 52.0 Å². The molecule has 0 fully saturated rings. The lowest BCUT2D eigenvalue weighted by Crippen LogP contribution is -2.35. The second-order valence-corrected chi connectivity index (χ2v) is 5.83. The van der Waals surface area contributed by atoms with Crippen molar-refractivity contribution in [2.75, 3.05) is 11.5 Å². The van der Waals surface area contributed by atoms with Crippen LogP contribution >= 0.6 is 11.6 Å². The zero-order valence-electron chi connectivity index (χ0n) is 11.0. The van der Waals surface area contributed by atoms with Crippen LogP contribution in [0.4, 0.5) is 24.5 Å². The summed E-state index contributed by atoms with van der Waals surface area (Å²) < 4.78 is 38.8. The summed E-state index contributed by atoms with van der Waals surface area (Å²) in [4.78, 5) is 0. The molecule has 0 aliphatic heterocycles. The average Bonchev–Trinajstić information content (AvgIpc) is 2.34. The molecule has 6 heteroatoms. The number of nitrogens with two attached hydrogens (primary N) is 2. The Bertz CT molecular complexity index is 554. The van der Waals surface area contributed by atoms with E-state index >= 15 is 0 Å². The molecule has 2 rings (SSSR count). The van der Waals surface area contributed by atoms with Gasteiger partial charge < -0.3 is 11.5 Å². The summed E-state index contributed by atoms with van der Waals surface area (Å²) in [6.45, 7) is 1.21. The zero-order chi connectivity index (χ0) is 15.1. The predicted molar refractivity (Wildman–Crippen MR) is 75.6 cm³/mol. The Morgan fingerprint density at radius 1 is 1.25 bits per heavy atom. The first-order valence-electron chi connectivity index (χ1n) is 6.24. The van der Waals surface area contributed by atoms with Crippen molar-refractivity contribution in [3.8, 4) is 0 Å². The lowest BCUT2D eigenvalue weighted by atomic mass is 9.75. The molecule has 2 unspecified atom stereocenters. The van der Waals surface area contributed by atoms with Gasteiger partial charge in [0.05, 0.1) is 16.8 Å². The Hall–Kier alpha value is -1.36. The molecule has 1 aromatic carbocycles. The van der Waals surface area contributed by atoms with Crippen molar-refractivity contribution < 1.29 is 13.2 Å². The maximum absolute atomic E-state index is 12.9. The molecule has 0 aromatic heterocycles. The van der Waals surface area contributed by atoms with Crippen LogP contribution < -0.4 is 11.5 Å². The van der Waals surface area contributed by atoms with Crippen molar-refractivity contribution in [1.29, 1.82) is 0 Å². The van der Waals surface area contributed by atoms with Gasteiger partial charge in [-0.25, -0.2) is 0 Å². The van der Waals surface area contributed by atoms with E-state index in [-0.39, 0.29) is 12.3 Å². The lowest BCUT2D eigenvalue weighted by molar-refractivity contribution is -0.203. The van der Waals surface area contributed by atoms with Gasteiger partial charge in [0.15, 0.2) is 0 Å². The molecule has 0 heterocycles. The number of rotatable bonds is 1. The molecule has 2 atom stereocenters. The predicted octanol–water partition coefficient (Wildman–Crippen LogP) is 4.51. The van der Waals surface area contributed by atoms with E-state index in [9.17, 15) is 13.2 Å². The third kappa shape index (κ3) is 2.59. The van der Waals surface area contributed by atoms with E-state index in [1.165, 1.54) is 19.1 Å². The maximum Gasteiger partial charge on any atom is 0.397 e. The molecule has 0 radical (unpaired) electrons. The fourth-order valence-electron chi connectivity index (χ4n) is 2.37. The molecular formula is C14H16ClF3N2. The molecule has 0 amide bonds. The largest absolute Gasteiger partial charge is 0.397 e. The summed E-state index contributed by atoms with van der Waals surface area (Å²) in [6.07, 6.45) is -1.05. The molecule has 4 N–H and O–H groups in total. The molecular weight excluding hydrogens is 289 g/mol. The summed E-state index contributed by atoms with van der Waals surface area (Å²) >= 11 is 6.10. The van der Waals surface area contributed by atoms with E-state index in [0.29, 0.717) is 22.8 Å². The van der Waals surface area contributed by atoms with Crippen molar-refractivity contribution >= 4 is 23.0 Å². The molecule has 1 aliphatic carbocycles. The quantitative estimate of drug-likeness (QED) is 0.592. The number of hydrogen-bond acceptors (Lipinski definition) is 2. The molecule has 1 aliphatic rings. The van der Waals surface area contributed by atoms with Crippen LogP contribution in [0, 0.1) is 5.41 Å². The Kier molecular flexibility index (Phi) is 3.67. The number of nitrogen functional groups attached to an aromatic ring is 2. The van der Waals surface area contributed by atoms with Gasteiger partial charge >= 0.3 is 6.18 Å². The van der Waals surface area contributed by atoms with Gasteiger partial charge in [-0.05, 0) is 37.5 Å². The zero-order valence-corrected chi connectivity index (χ0v) is 11.7. The summed E-state index contributed by atoms with van der Waals surface area (Å²) in [6, 6.07) is 3.18. The third-order valence-corrected chi connectivity index (χ3v) is 4.25. The van der Waals surface area contributed by atoms with E-state index in [1.54, 1.807) is 12.1 Å². The van der Waals surface area contributed by atoms with Crippen molar-refractivity contribution in [2.24, 2.45) is 5.41 Å². The van der Waals surface area contributed by atoms with Crippen LogP contribution in [0.5, 0.6) is 0 Å². The molecule has 0 saturated heterocycles. The second-order valence-electron chi connectivity index (χ2n) is 5.42. The summed E-state index contributed by atoms with van der Waals surface area (Å²) in [5.74, 6) is -0.166. The highest BCUT2D eigenvalue weighted by Crippen LogP contribution is 2.48. The van der Waals surface area contributed by atoms with Crippen LogP contribution in [0.3, 0.4) is 0 Å². The van der Waals surface area contributed by atoms with Crippen molar-refractivity contribution in [2.45, 2.75) is 31.9 Å². The Morgan fingerprint density at radius 2 is 1.85 bits per heavy atom. The van der Waals surface area contributed by atoms with Gasteiger partial charge in [0.25, 0.3) is 0 Å². The van der Waals surface area contributed by atoms with Crippen LogP contribution in [0.1, 0.15) is 31.2 Å². The first kappa shape index (κ1) is 15.0. The molecule has 0 spiro atoms. The minimum Gasteiger partial charge on any atom is -0.397 e. The van der Waals surface area contributed by atoms with E-state index < -0.39 is 11.6 Å². The molecule has 20 heavy (non-hydrogen) atoms. The van der Waals surface area contributed by atoms with E-state index in [4.69, 9.17) is 23.1 Å². The van der Waals surface area contributed by atoms with Crippen molar-refractivity contribution in [1.82, 2.24) is 0 Å². The average molecular weight is 305 g/mol. The van der Waals surface area contributed by atoms with Gasteiger partial charge in [-0.15, -0.1) is 0 Å². The highest BCUT2D eigenvalue weighted by molar-refractivity contribution is 6.31. The molecule has 110 valence electrons. The van der Waals surface area contributed by atoms with Crippen molar-refractivity contribution in [3.63, 3.8) is 0 Å². The normalized spacial score (nSPS) is 26.8. The summed E-state index contributed by atoms with van der Waals surface area (Å²) in [5.41, 5.74) is 11.1. The molecule has 2 nitrogen and oxygen atoms in total. The highest BCUT2D eigenvalue weighted by Gasteiger charge is 2.50. The lowest BCUT2D eigenvalue weighted by Gasteiger charge is -2.34. The number of halogens is 4. The summed E-state index contributed by atoms with van der Waals surface area (Å²) in [5, 5.41) is 0.432. The minimum absolute atomic E-state index is 0.0261. The third-order valence-electron chi connectivity index (χ3n) is 3.92. The number of allylic oxidation sites excluding steroid dienone is 2. The first-order valence-corrected chi connectivity index (χ1v) is 6.62. The first-order chi connectivity index (χ1) is 9.14. The Morgan fingerprint density at radius 3 is 2.35 bits per heavy atom. The minimum atomic E-state index is -4.24. The van der Waals surface area contributed by atoms with Crippen LogP contribution in [0.15, 0.2) is 24.3 Å². The van der Waals surface area contributed by atoms with Gasteiger partial charge in [0, 0.05) is 10.9 Å². The van der Waals surface area contributed by atoms with Gasteiger partial charge in [0.1, 0.15) is 0 Å². The van der Waals surface area contributed by atoms with Crippen LogP contribution in [-0.2, 0) is 0 Å². The van der Waals surface area contributed by atoms with Crippen LogP contribution in [0.2, 0.25) is 5.02 Å². The fraction of sp³-hybridized carbons (Fsp3) is 0.429. The fourth-order valence-corrected chi connectivity index (χ4v) is 2.68. The highest BCUT2D eigenvalue weighted by atomic mass is 35.5. The SMILES string of the molecule is CC1(C(F)(F)F)C=CC(c2cc(N)c(N)cc2Cl)CC1. The number of benzene rings is 1. The Labute approximate surface area is 120 Å². The van der Waals surface area contributed by atoms with Gasteiger partial charge in [-0.3, -0.25) is 0 Å². The molecule has 0 saturated carbocycles. The van der Waals surface area contributed by atoms with Crippen LogP contribution in [0.25, 0.3) is 0 Å². The maximum atomic E-state index is 12.9.